The summed E-state index contributed by atoms with van der Waals surface area (Å²) in [6, 6.07) is 16.9. The van der Waals surface area contributed by atoms with Crippen molar-refractivity contribution in [2.75, 3.05) is 33.0 Å². The Labute approximate surface area is 164 Å². The molecule has 0 aliphatic carbocycles. The summed E-state index contributed by atoms with van der Waals surface area (Å²) in [4.78, 5) is 5.04. The molecule has 6 nitrogen and oxygen atoms in total. The highest BCUT2D eigenvalue weighted by Gasteiger charge is 2.19. The van der Waals surface area contributed by atoms with Crippen LogP contribution in [0.15, 0.2) is 60.9 Å². The predicted molar refractivity (Wildman–Crippen MR) is 107 cm³/mol. The van der Waals surface area contributed by atoms with Crippen LogP contribution in [0.25, 0.3) is 5.69 Å². The van der Waals surface area contributed by atoms with Gasteiger partial charge >= 0.3 is 0 Å². The summed E-state index contributed by atoms with van der Waals surface area (Å²) in [7, 11) is 0. The summed E-state index contributed by atoms with van der Waals surface area (Å²) >= 11 is 0. The van der Waals surface area contributed by atoms with Gasteiger partial charge in [-0.3, -0.25) is 9.80 Å². The second-order valence-corrected chi connectivity index (χ2v) is 7.36. The van der Waals surface area contributed by atoms with Crippen molar-refractivity contribution in [2.45, 2.75) is 13.1 Å². The van der Waals surface area contributed by atoms with E-state index in [1.807, 2.05) is 23.0 Å². The fourth-order valence-corrected chi connectivity index (χ4v) is 3.84. The summed E-state index contributed by atoms with van der Waals surface area (Å²) < 4.78 is 12.8. The van der Waals surface area contributed by atoms with Crippen LogP contribution in [-0.2, 0) is 13.1 Å². The topological polar surface area (TPSA) is 42.8 Å². The van der Waals surface area contributed by atoms with Crippen LogP contribution in [0.1, 0.15) is 11.1 Å². The van der Waals surface area contributed by atoms with Gasteiger partial charge in [-0.15, -0.1) is 0 Å². The second-order valence-electron chi connectivity index (χ2n) is 7.36. The van der Waals surface area contributed by atoms with Gasteiger partial charge in [0.1, 0.15) is 0 Å². The molecule has 2 aliphatic heterocycles. The molecule has 6 heteroatoms. The van der Waals surface area contributed by atoms with Crippen molar-refractivity contribution in [1.29, 1.82) is 0 Å². The van der Waals surface area contributed by atoms with Crippen LogP contribution in [0.4, 0.5) is 0 Å². The maximum Gasteiger partial charge on any atom is 0.231 e. The van der Waals surface area contributed by atoms with Gasteiger partial charge in [0.25, 0.3) is 0 Å². The van der Waals surface area contributed by atoms with E-state index in [0.29, 0.717) is 6.79 Å². The minimum atomic E-state index is 0.334. The van der Waals surface area contributed by atoms with Crippen molar-refractivity contribution >= 4 is 0 Å². The van der Waals surface area contributed by atoms with Crippen molar-refractivity contribution in [3.05, 3.63) is 72.1 Å². The van der Waals surface area contributed by atoms with Gasteiger partial charge in [-0.25, -0.2) is 4.68 Å². The number of aromatic nitrogens is 2. The van der Waals surface area contributed by atoms with Crippen molar-refractivity contribution in [1.82, 2.24) is 19.6 Å². The van der Waals surface area contributed by atoms with E-state index in [-0.39, 0.29) is 0 Å². The molecule has 0 amide bonds. The molecule has 0 unspecified atom stereocenters. The normalized spacial score (nSPS) is 17.1. The zero-order valence-electron chi connectivity index (χ0n) is 15.8. The fourth-order valence-electron chi connectivity index (χ4n) is 3.84. The Morgan fingerprint density at radius 2 is 1.46 bits per heavy atom. The molecule has 2 aliphatic rings. The summed E-state index contributed by atoms with van der Waals surface area (Å²) in [6.07, 6.45) is 3.77. The molecule has 0 bridgehead atoms. The Balaban J connectivity index is 1.13. The molecule has 0 saturated carbocycles. The predicted octanol–water partition coefficient (Wildman–Crippen LogP) is 2.92. The average Bonchev–Trinajstić information content (AvgIpc) is 3.42. The third-order valence-electron chi connectivity index (χ3n) is 5.42. The number of fused-ring (bicyclic) bond motifs is 1. The van der Waals surface area contributed by atoms with Crippen LogP contribution >= 0.6 is 0 Å². The Kier molecular flexibility index (Phi) is 4.72. The quantitative estimate of drug-likeness (QED) is 0.685. The van der Waals surface area contributed by atoms with Crippen molar-refractivity contribution < 1.29 is 9.47 Å². The highest BCUT2D eigenvalue weighted by molar-refractivity contribution is 5.44. The van der Waals surface area contributed by atoms with E-state index < -0.39 is 0 Å². The Morgan fingerprint density at radius 3 is 2.18 bits per heavy atom. The van der Waals surface area contributed by atoms with E-state index in [1.165, 1.54) is 11.1 Å². The molecule has 2 aromatic carbocycles. The lowest BCUT2D eigenvalue weighted by molar-refractivity contribution is 0.122. The monoisotopic (exact) mass is 376 g/mol. The zero-order chi connectivity index (χ0) is 18.8. The molecule has 28 heavy (non-hydrogen) atoms. The number of rotatable bonds is 5. The Hall–Kier alpha value is -2.83. The van der Waals surface area contributed by atoms with E-state index in [0.717, 1.165) is 56.5 Å². The highest BCUT2D eigenvalue weighted by Crippen LogP contribution is 2.32. The molecule has 144 valence electrons. The molecule has 1 fully saturated rings. The minimum absolute atomic E-state index is 0.334. The molecule has 0 radical (unpaired) electrons. The summed E-state index contributed by atoms with van der Waals surface area (Å²) in [5.74, 6) is 1.72. The molecule has 1 saturated heterocycles. The zero-order valence-corrected chi connectivity index (χ0v) is 15.8. The molecule has 0 atom stereocenters. The standard InChI is InChI=1S/C22H24N4O2/c1-8-23-26(9-1)20-5-2-18(3-6-20)15-24-10-12-25(13-11-24)16-19-4-7-21-22(14-19)28-17-27-21/h1-9,14H,10-13,15-17H2. The first kappa shape index (κ1) is 17.3. The molecule has 3 aromatic rings. The Morgan fingerprint density at radius 1 is 0.786 bits per heavy atom. The summed E-state index contributed by atoms with van der Waals surface area (Å²) in [6.45, 7) is 6.64. The molecule has 0 N–H and O–H groups in total. The van der Waals surface area contributed by atoms with Crippen molar-refractivity contribution in [2.24, 2.45) is 0 Å². The van der Waals surface area contributed by atoms with E-state index in [9.17, 15) is 0 Å². The van der Waals surface area contributed by atoms with E-state index in [2.05, 4.69) is 51.3 Å². The number of ether oxygens (including phenoxy) is 2. The number of benzene rings is 2. The smallest absolute Gasteiger partial charge is 0.231 e. The third kappa shape index (κ3) is 3.74. The van der Waals surface area contributed by atoms with E-state index in [1.54, 1.807) is 6.20 Å². The van der Waals surface area contributed by atoms with Crippen LogP contribution in [0.2, 0.25) is 0 Å². The number of hydrogen-bond donors (Lipinski definition) is 0. The van der Waals surface area contributed by atoms with Crippen LogP contribution < -0.4 is 9.47 Å². The van der Waals surface area contributed by atoms with E-state index in [4.69, 9.17) is 9.47 Å². The number of nitrogens with zero attached hydrogens (tertiary/aromatic N) is 4. The lowest BCUT2D eigenvalue weighted by Gasteiger charge is -2.34. The summed E-state index contributed by atoms with van der Waals surface area (Å²) in [5.41, 5.74) is 3.73. The van der Waals surface area contributed by atoms with Crippen molar-refractivity contribution in [3.8, 4) is 17.2 Å². The second kappa shape index (κ2) is 7.66. The molecule has 0 spiro atoms. The number of piperazine rings is 1. The van der Waals surface area contributed by atoms with Gasteiger partial charge in [0.2, 0.25) is 6.79 Å². The minimum Gasteiger partial charge on any atom is -0.454 e. The van der Waals surface area contributed by atoms with Gasteiger partial charge in [0.15, 0.2) is 11.5 Å². The molecule has 1 aromatic heterocycles. The first-order valence-corrected chi connectivity index (χ1v) is 9.76. The first-order valence-electron chi connectivity index (χ1n) is 9.76. The number of hydrogen-bond acceptors (Lipinski definition) is 5. The highest BCUT2D eigenvalue weighted by atomic mass is 16.7. The SMILES string of the molecule is c1cnn(-c2ccc(CN3CCN(Cc4ccc5c(c4)OCO5)CC3)cc2)c1. The fraction of sp³-hybridized carbons (Fsp3) is 0.318. The first-order chi connectivity index (χ1) is 13.8. The summed E-state index contributed by atoms with van der Waals surface area (Å²) in [5, 5.41) is 4.28. The molecular formula is C22H24N4O2. The molecule has 3 heterocycles. The largest absolute Gasteiger partial charge is 0.454 e. The third-order valence-corrected chi connectivity index (χ3v) is 5.42. The van der Waals surface area contributed by atoms with Gasteiger partial charge in [0.05, 0.1) is 5.69 Å². The van der Waals surface area contributed by atoms with Crippen LogP contribution in [0, 0.1) is 0 Å². The van der Waals surface area contributed by atoms with E-state index >= 15 is 0 Å². The molecule has 5 rings (SSSR count). The average molecular weight is 376 g/mol. The molecular weight excluding hydrogens is 352 g/mol. The van der Waals surface area contributed by atoms with Gasteiger partial charge in [-0.2, -0.15) is 5.10 Å². The van der Waals surface area contributed by atoms with Crippen LogP contribution in [0.3, 0.4) is 0 Å². The Bertz CT molecular complexity index is 916. The van der Waals surface area contributed by atoms with Gasteiger partial charge < -0.3 is 9.47 Å². The van der Waals surface area contributed by atoms with Crippen LogP contribution in [0.5, 0.6) is 11.5 Å². The van der Waals surface area contributed by atoms with Gasteiger partial charge in [-0.1, -0.05) is 18.2 Å². The maximum absolute atomic E-state index is 5.49. The maximum atomic E-state index is 5.49. The van der Waals surface area contributed by atoms with Crippen molar-refractivity contribution in [3.63, 3.8) is 0 Å². The van der Waals surface area contributed by atoms with Gasteiger partial charge in [0, 0.05) is 51.7 Å². The van der Waals surface area contributed by atoms with Gasteiger partial charge in [-0.05, 0) is 41.5 Å². The van der Waals surface area contributed by atoms with Crippen LogP contribution in [-0.4, -0.2) is 52.6 Å². The lowest BCUT2D eigenvalue weighted by atomic mass is 10.1. The lowest BCUT2D eigenvalue weighted by Crippen LogP contribution is -2.45.